The summed E-state index contributed by atoms with van der Waals surface area (Å²) in [5.41, 5.74) is 18.0. The van der Waals surface area contributed by atoms with Crippen LogP contribution in [0.4, 0.5) is 17.1 Å². The van der Waals surface area contributed by atoms with Crippen LogP contribution in [0.3, 0.4) is 0 Å². The highest BCUT2D eigenvalue weighted by Crippen LogP contribution is 2.49. The van der Waals surface area contributed by atoms with Crippen LogP contribution in [0.15, 0.2) is 246 Å². The molecule has 0 unspecified atom stereocenters. The molecule has 2 aliphatic rings. The molecule has 5 heterocycles. The van der Waals surface area contributed by atoms with Crippen molar-refractivity contribution in [2.45, 2.75) is 115 Å². The Bertz CT molecular complexity index is 5620. The van der Waals surface area contributed by atoms with E-state index in [1.54, 1.807) is 16.3 Å². The number of benzene rings is 11. The molecule has 93 heavy (non-hydrogen) atoms. The minimum absolute atomic E-state index is 0.00418. The standard InChI is InChI=1S/C85H75BN6S/c1-82(2,3)56-35-41-72-65(48-56)66-49-57(83(4,5)6)36-42-73(66)91(72)61-38-40-68-76(51-61)93-77-46-55(54-43-58(84(7,8)9)47-59(44-54)85(10,11)12)45-75-78(77)86(68)67-39-37-60(90-69-32-22-19-29-62(69)63-30-20-23-33-70(63)90)50-74(67)92(75)71-34-24-21-31-64(71)81-88-79(52-25-15-13-16-26-52)87-80(89-81)53-27-17-14-18-28-53/h13-51H,1-12H3/i19D,20D,22D,23D,29D,30D,32D,33D. The van der Waals surface area contributed by atoms with Gasteiger partial charge in [-0.2, -0.15) is 0 Å². The van der Waals surface area contributed by atoms with Gasteiger partial charge in [0.1, 0.15) is 0 Å². The normalized spacial score (nSPS) is 14.5. The van der Waals surface area contributed by atoms with Crippen molar-refractivity contribution in [3.8, 4) is 56.7 Å². The van der Waals surface area contributed by atoms with Crippen LogP contribution in [0.2, 0.25) is 0 Å². The van der Waals surface area contributed by atoms with Gasteiger partial charge in [-0.1, -0.05) is 252 Å². The van der Waals surface area contributed by atoms with Gasteiger partial charge in [0.15, 0.2) is 17.5 Å². The molecule has 0 fully saturated rings. The molecule has 2 aliphatic heterocycles. The van der Waals surface area contributed by atoms with E-state index in [1.165, 1.54) is 33.0 Å². The van der Waals surface area contributed by atoms with E-state index in [0.29, 0.717) is 28.7 Å². The topological polar surface area (TPSA) is 51.8 Å². The number of hydrogen-bond donors (Lipinski definition) is 0. The van der Waals surface area contributed by atoms with E-state index in [1.807, 2.05) is 84.9 Å². The van der Waals surface area contributed by atoms with Gasteiger partial charge in [-0.15, -0.1) is 0 Å². The molecule has 454 valence electrons. The second kappa shape index (κ2) is 21.4. The number of aromatic nitrogens is 5. The van der Waals surface area contributed by atoms with Gasteiger partial charge in [0.25, 0.3) is 0 Å². The smallest absolute Gasteiger partial charge is 0.249 e. The summed E-state index contributed by atoms with van der Waals surface area (Å²) in [5, 5.41) is 2.41. The predicted octanol–water partition coefficient (Wildman–Crippen LogP) is 20.7. The van der Waals surface area contributed by atoms with Crippen LogP contribution >= 0.6 is 11.8 Å². The van der Waals surface area contributed by atoms with Gasteiger partial charge in [-0.3, -0.25) is 0 Å². The average molecular weight is 1230 g/mol. The molecule has 16 rings (SSSR count). The first-order valence-electron chi connectivity index (χ1n) is 36.1. The van der Waals surface area contributed by atoms with Crippen molar-refractivity contribution in [1.29, 1.82) is 0 Å². The van der Waals surface area contributed by atoms with Gasteiger partial charge in [-0.25, -0.2) is 15.0 Å². The van der Waals surface area contributed by atoms with Gasteiger partial charge in [0.05, 0.1) is 38.7 Å². The maximum absolute atomic E-state index is 9.69. The third kappa shape index (κ3) is 9.90. The van der Waals surface area contributed by atoms with Crippen LogP contribution in [0.25, 0.3) is 100 Å². The molecular weight excluding hydrogens is 1150 g/mol. The second-order valence-corrected chi connectivity index (χ2v) is 30.3. The zero-order valence-electron chi connectivity index (χ0n) is 62.6. The van der Waals surface area contributed by atoms with Crippen LogP contribution in [-0.4, -0.2) is 30.8 Å². The van der Waals surface area contributed by atoms with E-state index in [-0.39, 0.29) is 62.3 Å². The van der Waals surface area contributed by atoms with Crippen molar-refractivity contribution in [3.63, 3.8) is 0 Å². The molecule has 0 atom stereocenters. The Kier molecular flexibility index (Phi) is 11.5. The van der Waals surface area contributed by atoms with Crippen molar-refractivity contribution in [3.05, 3.63) is 259 Å². The Labute approximate surface area is 562 Å². The van der Waals surface area contributed by atoms with Gasteiger partial charge in [-0.05, 0) is 151 Å². The van der Waals surface area contributed by atoms with Crippen LogP contribution in [0.5, 0.6) is 0 Å². The third-order valence-electron chi connectivity index (χ3n) is 18.9. The first kappa shape index (κ1) is 49.9. The maximum atomic E-state index is 9.69. The quantitative estimate of drug-likeness (QED) is 0.149. The van der Waals surface area contributed by atoms with Crippen LogP contribution in [0.1, 0.15) is 116 Å². The van der Waals surface area contributed by atoms with Gasteiger partial charge >= 0.3 is 0 Å². The molecule has 0 spiro atoms. The highest BCUT2D eigenvalue weighted by Gasteiger charge is 2.43. The fourth-order valence-electron chi connectivity index (χ4n) is 13.8. The highest BCUT2D eigenvalue weighted by atomic mass is 32.2. The zero-order chi connectivity index (χ0) is 71.0. The Morgan fingerprint density at radius 2 is 0.839 bits per heavy atom. The summed E-state index contributed by atoms with van der Waals surface area (Å²) in [6, 6.07) is 63.2. The monoisotopic (exact) mass is 1230 g/mol. The van der Waals surface area contributed by atoms with E-state index in [4.69, 9.17) is 20.4 Å². The predicted molar refractivity (Wildman–Crippen MR) is 395 cm³/mol. The lowest BCUT2D eigenvalue weighted by Crippen LogP contribution is -2.59. The molecule has 3 aromatic heterocycles. The fraction of sp³-hybridized carbons (Fsp3) is 0.188. The fourth-order valence-corrected chi connectivity index (χ4v) is 15.0. The van der Waals surface area contributed by atoms with Crippen molar-refractivity contribution in [1.82, 2.24) is 24.1 Å². The Hall–Kier alpha value is -9.76. The highest BCUT2D eigenvalue weighted by molar-refractivity contribution is 8.00. The average Bonchev–Trinajstić information content (AvgIpc) is 1.64. The number of fused-ring (bicyclic) bond motifs is 10. The van der Waals surface area contributed by atoms with Gasteiger partial charge < -0.3 is 14.0 Å². The van der Waals surface area contributed by atoms with E-state index in [0.717, 1.165) is 82.2 Å². The lowest BCUT2D eigenvalue weighted by Gasteiger charge is -2.41. The molecule has 0 saturated carbocycles. The molecule has 11 aromatic carbocycles. The second-order valence-electron chi connectivity index (χ2n) is 29.2. The molecule has 6 nitrogen and oxygen atoms in total. The number of anilines is 3. The molecule has 0 N–H and O–H groups in total. The summed E-state index contributed by atoms with van der Waals surface area (Å²) in [6.07, 6.45) is 0. The largest absolute Gasteiger partial charge is 0.311 e. The van der Waals surface area contributed by atoms with Crippen molar-refractivity contribution >= 4 is 95.5 Å². The van der Waals surface area contributed by atoms with E-state index < -0.39 is 36.3 Å². The van der Waals surface area contributed by atoms with Gasteiger partial charge in [0, 0.05) is 70.8 Å². The summed E-state index contributed by atoms with van der Waals surface area (Å²) in [4.78, 5) is 20.3. The number of rotatable bonds is 7. The minimum Gasteiger partial charge on any atom is -0.311 e. The molecule has 8 heteroatoms. The minimum atomic E-state index is -0.503. The van der Waals surface area contributed by atoms with Crippen LogP contribution in [0, 0.1) is 0 Å². The van der Waals surface area contributed by atoms with Crippen LogP contribution in [-0.2, 0) is 21.7 Å². The number of nitrogens with zero attached hydrogens (tertiary/aromatic N) is 6. The summed E-state index contributed by atoms with van der Waals surface area (Å²) in [7, 11) is 0. The van der Waals surface area contributed by atoms with E-state index in [2.05, 4.69) is 196 Å². The Balaban J connectivity index is 1.02. The molecule has 0 saturated heterocycles. The molecule has 14 aromatic rings. The van der Waals surface area contributed by atoms with Crippen molar-refractivity contribution in [2.75, 3.05) is 4.90 Å². The van der Waals surface area contributed by atoms with Crippen LogP contribution < -0.4 is 21.3 Å². The first-order chi connectivity index (χ1) is 47.9. The molecule has 0 radical (unpaired) electrons. The Morgan fingerprint density at radius 3 is 1.40 bits per heavy atom. The maximum Gasteiger partial charge on any atom is 0.249 e. The SMILES string of the molecule is [2H]c1c([2H])c([2H])c2c(c1[2H])c1c([2H])c([2H])c([2H])c([2H])c1n2-c1ccc2c(c1)N(c1ccccc1-c1nc(-c3ccccc3)nc(-c3ccccc3)n1)c1cc(-c3cc(C(C)(C)C)cc(C(C)(C)C)c3)cc3c1B2c1ccc(-n2c4ccc(C(C)(C)C)cc4c4cc(C(C)(C)C)ccc42)cc1S3. The van der Waals surface area contributed by atoms with Crippen molar-refractivity contribution in [2.24, 2.45) is 0 Å². The van der Waals surface area contributed by atoms with E-state index >= 15 is 0 Å². The van der Waals surface area contributed by atoms with Crippen molar-refractivity contribution < 1.29 is 11.0 Å². The zero-order valence-corrected chi connectivity index (χ0v) is 55.4. The number of hydrogen-bond acceptors (Lipinski definition) is 5. The van der Waals surface area contributed by atoms with E-state index in [9.17, 15) is 5.48 Å². The third-order valence-corrected chi connectivity index (χ3v) is 20.0. The van der Waals surface area contributed by atoms with Gasteiger partial charge in [0.2, 0.25) is 6.71 Å². The first-order valence-corrected chi connectivity index (χ1v) is 32.9. The molecule has 0 amide bonds. The summed E-state index contributed by atoms with van der Waals surface area (Å²) >= 11 is 1.78. The summed E-state index contributed by atoms with van der Waals surface area (Å²) in [6.45, 7) is 26.8. The lowest BCUT2D eigenvalue weighted by molar-refractivity contribution is 0.569. The molecule has 0 bridgehead atoms. The molecule has 0 aliphatic carbocycles. The molecular formula is C85H75BN6S. The number of para-hydroxylation sites is 3. The summed E-state index contributed by atoms with van der Waals surface area (Å²) < 4.78 is 78.5. The Morgan fingerprint density at radius 1 is 0.355 bits per heavy atom. The summed E-state index contributed by atoms with van der Waals surface area (Å²) in [5.74, 6) is 1.43. The lowest BCUT2D eigenvalue weighted by atomic mass is 9.35.